The van der Waals surface area contributed by atoms with Crippen molar-refractivity contribution in [2.75, 3.05) is 6.61 Å². The van der Waals surface area contributed by atoms with Crippen LogP contribution in [0.1, 0.15) is 43.6 Å². The Kier molecular flexibility index (Phi) is 5.44. The van der Waals surface area contributed by atoms with Crippen LogP contribution in [-0.2, 0) is 11.3 Å². The Morgan fingerprint density at radius 2 is 2.00 bits per heavy atom. The SMILES string of the molecule is CCOCc1cc(-c2cc3c(=O)[nH]c(C)nc3cc2C(C)C)ccc1Cl. The molecule has 0 bridgehead atoms. The first-order chi connectivity index (χ1) is 12.4. The highest BCUT2D eigenvalue weighted by Crippen LogP contribution is 2.34. The van der Waals surface area contributed by atoms with Gasteiger partial charge in [-0.15, -0.1) is 0 Å². The molecule has 0 unspecified atom stereocenters. The third-order valence-corrected chi connectivity index (χ3v) is 4.80. The molecule has 0 aliphatic carbocycles. The van der Waals surface area contributed by atoms with Gasteiger partial charge in [-0.2, -0.15) is 0 Å². The molecule has 5 heteroatoms. The number of fused-ring (bicyclic) bond motifs is 1. The average molecular weight is 371 g/mol. The first-order valence-corrected chi connectivity index (χ1v) is 9.19. The van der Waals surface area contributed by atoms with Crippen LogP contribution in [0.5, 0.6) is 0 Å². The normalized spacial score (nSPS) is 11.5. The summed E-state index contributed by atoms with van der Waals surface area (Å²) in [5, 5.41) is 1.28. The lowest BCUT2D eigenvalue weighted by atomic mass is 9.90. The van der Waals surface area contributed by atoms with Crippen molar-refractivity contribution in [2.24, 2.45) is 0 Å². The fourth-order valence-electron chi connectivity index (χ4n) is 3.11. The summed E-state index contributed by atoms with van der Waals surface area (Å²) in [5.74, 6) is 0.914. The molecule has 0 radical (unpaired) electrons. The molecule has 0 fully saturated rings. The van der Waals surface area contributed by atoms with Crippen LogP contribution in [0.4, 0.5) is 0 Å². The van der Waals surface area contributed by atoms with Gasteiger partial charge in [0.15, 0.2) is 0 Å². The summed E-state index contributed by atoms with van der Waals surface area (Å²) in [5.41, 5.74) is 4.75. The molecule has 0 aliphatic heterocycles. The lowest BCUT2D eigenvalue weighted by molar-refractivity contribution is 0.134. The standard InChI is InChI=1S/C21H23ClN2O2/c1-5-26-11-15-8-14(6-7-19(15)22)17-9-18-20(10-16(17)12(2)3)23-13(4)24-21(18)25/h6-10,12H,5,11H2,1-4H3,(H,23,24,25). The molecule has 1 aromatic heterocycles. The number of H-pyrrole nitrogens is 1. The van der Waals surface area contributed by atoms with Gasteiger partial charge in [-0.25, -0.2) is 4.98 Å². The minimum Gasteiger partial charge on any atom is -0.377 e. The van der Waals surface area contributed by atoms with Crippen LogP contribution in [0.25, 0.3) is 22.0 Å². The molecular formula is C21H23ClN2O2. The molecule has 3 rings (SSSR count). The molecule has 3 aromatic rings. The number of nitrogens with one attached hydrogen (secondary N) is 1. The molecule has 1 N–H and O–H groups in total. The van der Waals surface area contributed by atoms with Gasteiger partial charge in [-0.05, 0) is 66.3 Å². The van der Waals surface area contributed by atoms with Crippen molar-refractivity contribution in [3.05, 3.63) is 62.7 Å². The van der Waals surface area contributed by atoms with Gasteiger partial charge in [0.05, 0.1) is 17.5 Å². The molecule has 0 saturated heterocycles. The molecule has 1 heterocycles. The van der Waals surface area contributed by atoms with Crippen molar-refractivity contribution in [2.45, 2.75) is 40.2 Å². The van der Waals surface area contributed by atoms with Crippen molar-refractivity contribution < 1.29 is 4.74 Å². The highest BCUT2D eigenvalue weighted by Gasteiger charge is 2.14. The summed E-state index contributed by atoms with van der Waals surface area (Å²) in [6, 6.07) is 9.87. The summed E-state index contributed by atoms with van der Waals surface area (Å²) in [6.07, 6.45) is 0. The van der Waals surface area contributed by atoms with Crippen LogP contribution in [0.3, 0.4) is 0 Å². The molecule has 4 nitrogen and oxygen atoms in total. The lowest BCUT2D eigenvalue weighted by Crippen LogP contribution is -2.10. The maximum Gasteiger partial charge on any atom is 0.258 e. The van der Waals surface area contributed by atoms with Crippen LogP contribution in [0, 0.1) is 6.92 Å². The van der Waals surface area contributed by atoms with E-state index in [9.17, 15) is 4.79 Å². The monoisotopic (exact) mass is 370 g/mol. The molecule has 0 atom stereocenters. The summed E-state index contributed by atoms with van der Waals surface area (Å²) in [6.45, 7) is 9.13. The molecule has 136 valence electrons. The van der Waals surface area contributed by atoms with E-state index in [1.54, 1.807) is 6.92 Å². The molecule has 0 saturated carbocycles. The molecule has 0 aliphatic rings. The van der Waals surface area contributed by atoms with Gasteiger partial charge in [0.1, 0.15) is 5.82 Å². The molecule has 26 heavy (non-hydrogen) atoms. The van der Waals surface area contributed by atoms with Gasteiger partial charge < -0.3 is 9.72 Å². The van der Waals surface area contributed by atoms with E-state index in [1.165, 1.54) is 0 Å². The Morgan fingerprint density at radius 3 is 2.69 bits per heavy atom. The summed E-state index contributed by atoms with van der Waals surface area (Å²) in [7, 11) is 0. The fraction of sp³-hybridized carbons (Fsp3) is 0.333. The van der Waals surface area contributed by atoms with Crippen molar-refractivity contribution in [1.82, 2.24) is 9.97 Å². The second kappa shape index (κ2) is 7.60. The lowest BCUT2D eigenvalue weighted by Gasteiger charge is -2.16. The van der Waals surface area contributed by atoms with Crippen LogP contribution in [0.2, 0.25) is 5.02 Å². The third-order valence-electron chi connectivity index (χ3n) is 4.44. The van der Waals surface area contributed by atoms with Gasteiger partial charge in [0, 0.05) is 11.6 Å². The van der Waals surface area contributed by atoms with E-state index >= 15 is 0 Å². The van der Waals surface area contributed by atoms with E-state index in [0.717, 1.165) is 27.8 Å². The van der Waals surface area contributed by atoms with Crippen molar-refractivity contribution in [3.8, 4) is 11.1 Å². The van der Waals surface area contributed by atoms with Gasteiger partial charge in [0.25, 0.3) is 5.56 Å². The zero-order chi connectivity index (χ0) is 18.8. The second-order valence-electron chi connectivity index (χ2n) is 6.71. The first-order valence-electron chi connectivity index (χ1n) is 8.81. The number of aromatic amines is 1. The number of aromatic nitrogens is 2. The van der Waals surface area contributed by atoms with Crippen LogP contribution in [-0.4, -0.2) is 16.6 Å². The summed E-state index contributed by atoms with van der Waals surface area (Å²) < 4.78 is 5.52. The predicted molar refractivity (Wildman–Crippen MR) is 107 cm³/mol. The number of aryl methyl sites for hydroxylation is 1. The Morgan fingerprint density at radius 1 is 1.23 bits per heavy atom. The maximum atomic E-state index is 12.4. The van der Waals surface area contributed by atoms with Crippen molar-refractivity contribution in [3.63, 3.8) is 0 Å². The smallest absolute Gasteiger partial charge is 0.258 e. The van der Waals surface area contributed by atoms with E-state index in [-0.39, 0.29) is 5.56 Å². The number of hydrogen-bond acceptors (Lipinski definition) is 3. The second-order valence-corrected chi connectivity index (χ2v) is 7.11. The topological polar surface area (TPSA) is 55.0 Å². The highest BCUT2D eigenvalue weighted by atomic mass is 35.5. The Balaban J connectivity index is 2.23. The summed E-state index contributed by atoms with van der Waals surface area (Å²) in [4.78, 5) is 19.7. The number of hydrogen-bond donors (Lipinski definition) is 1. The third kappa shape index (κ3) is 3.67. The zero-order valence-electron chi connectivity index (χ0n) is 15.5. The Bertz CT molecular complexity index is 1010. The predicted octanol–water partition coefficient (Wildman–Crippen LogP) is 5.21. The number of benzene rings is 2. The summed E-state index contributed by atoms with van der Waals surface area (Å²) >= 11 is 6.31. The Labute approximate surface area is 158 Å². The quantitative estimate of drug-likeness (QED) is 0.670. The van der Waals surface area contributed by atoms with E-state index in [2.05, 4.69) is 23.8 Å². The van der Waals surface area contributed by atoms with Gasteiger partial charge in [-0.3, -0.25) is 4.79 Å². The Hall–Kier alpha value is -2.17. The largest absolute Gasteiger partial charge is 0.377 e. The molecule has 0 amide bonds. The van der Waals surface area contributed by atoms with Gasteiger partial charge in [-0.1, -0.05) is 31.5 Å². The number of nitrogens with zero attached hydrogens (tertiary/aromatic N) is 1. The number of rotatable bonds is 5. The first kappa shape index (κ1) is 18.6. The molecule has 2 aromatic carbocycles. The minimum atomic E-state index is -0.118. The van der Waals surface area contributed by atoms with E-state index in [4.69, 9.17) is 16.3 Å². The number of halogens is 1. The van der Waals surface area contributed by atoms with Crippen LogP contribution >= 0.6 is 11.6 Å². The van der Waals surface area contributed by atoms with Crippen molar-refractivity contribution in [1.29, 1.82) is 0 Å². The number of ether oxygens (including phenoxy) is 1. The van der Waals surface area contributed by atoms with Crippen molar-refractivity contribution >= 4 is 22.5 Å². The average Bonchev–Trinajstić information content (AvgIpc) is 2.60. The van der Waals surface area contributed by atoms with E-state index in [1.807, 2.05) is 37.3 Å². The van der Waals surface area contributed by atoms with Crippen LogP contribution < -0.4 is 5.56 Å². The molecule has 0 spiro atoms. The zero-order valence-corrected chi connectivity index (χ0v) is 16.3. The van der Waals surface area contributed by atoms with Gasteiger partial charge >= 0.3 is 0 Å². The fourth-order valence-corrected chi connectivity index (χ4v) is 3.28. The van der Waals surface area contributed by atoms with Gasteiger partial charge in [0.2, 0.25) is 0 Å². The minimum absolute atomic E-state index is 0.118. The van der Waals surface area contributed by atoms with E-state index in [0.29, 0.717) is 35.4 Å². The molecular weight excluding hydrogens is 348 g/mol. The highest BCUT2D eigenvalue weighted by molar-refractivity contribution is 6.31. The van der Waals surface area contributed by atoms with E-state index < -0.39 is 0 Å². The van der Waals surface area contributed by atoms with Crippen LogP contribution in [0.15, 0.2) is 35.1 Å². The maximum absolute atomic E-state index is 12.4.